The van der Waals surface area contributed by atoms with Crippen molar-refractivity contribution in [3.63, 3.8) is 0 Å². The second-order valence-electron chi connectivity index (χ2n) is 6.59. The van der Waals surface area contributed by atoms with E-state index in [1.807, 2.05) is 13.8 Å². The molecular weight excluding hydrogens is 380 g/mol. The van der Waals surface area contributed by atoms with Crippen LogP contribution < -0.4 is 20.7 Å². The maximum atomic E-state index is 12.4. The van der Waals surface area contributed by atoms with E-state index in [4.69, 9.17) is 0 Å². The summed E-state index contributed by atoms with van der Waals surface area (Å²) < 4.78 is 25.0. The predicted molar refractivity (Wildman–Crippen MR) is 110 cm³/mol. The van der Waals surface area contributed by atoms with Gasteiger partial charge in [0.2, 0.25) is 10.0 Å². The summed E-state index contributed by atoms with van der Waals surface area (Å²) in [5, 5.41) is 8.19. The highest BCUT2D eigenvalue weighted by atomic mass is 32.2. The van der Waals surface area contributed by atoms with Gasteiger partial charge in [-0.05, 0) is 49.7 Å². The Hall–Kier alpha value is -3.07. The van der Waals surface area contributed by atoms with Crippen molar-refractivity contribution < 1.29 is 18.0 Å². The SMILES string of the molecule is CC(C)NC(=O)NCc1ccc(C(=O)Nc2cccc(NS(C)(=O)=O)c2)cc1. The molecule has 0 aliphatic carbocycles. The minimum absolute atomic E-state index is 0.0530. The van der Waals surface area contributed by atoms with E-state index >= 15 is 0 Å². The second kappa shape index (κ2) is 9.23. The predicted octanol–water partition coefficient (Wildman–Crippen LogP) is 2.52. The summed E-state index contributed by atoms with van der Waals surface area (Å²) >= 11 is 0. The van der Waals surface area contributed by atoms with Gasteiger partial charge in [-0.25, -0.2) is 13.2 Å². The fraction of sp³-hybridized carbons (Fsp3) is 0.263. The fourth-order valence-corrected chi connectivity index (χ4v) is 2.90. The second-order valence-corrected chi connectivity index (χ2v) is 8.34. The number of amides is 3. The van der Waals surface area contributed by atoms with Crippen LogP contribution in [-0.2, 0) is 16.6 Å². The number of hydrogen-bond donors (Lipinski definition) is 4. The third-order valence-corrected chi connectivity index (χ3v) is 4.12. The van der Waals surface area contributed by atoms with Crippen LogP contribution in [0.3, 0.4) is 0 Å². The summed E-state index contributed by atoms with van der Waals surface area (Å²) in [4.78, 5) is 24.0. The lowest BCUT2D eigenvalue weighted by molar-refractivity contribution is 0.102. The van der Waals surface area contributed by atoms with E-state index in [-0.39, 0.29) is 18.0 Å². The third kappa shape index (κ3) is 7.28. The van der Waals surface area contributed by atoms with E-state index < -0.39 is 10.0 Å². The van der Waals surface area contributed by atoms with E-state index in [1.54, 1.807) is 42.5 Å². The van der Waals surface area contributed by atoms with Crippen LogP contribution in [0, 0.1) is 0 Å². The zero-order chi connectivity index (χ0) is 20.7. The molecule has 0 atom stereocenters. The van der Waals surface area contributed by atoms with Crippen molar-refractivity contribution in [3.05, 3.63) is 59.7 Å². The molecule has 28 heavy (non-hydrogen) atoms. The van der Waals surface area contributed by atoms with Gasteiger partial charge in [0.15, 0.2) is 0 Å². The van der Waals surface area contributed by atoms with Crippen molar-refractivity contribution in [1.82, 2.24) is 10.6 Å². The number of carbonyl (C=O) groups excluding carboxylic acids is 2. The van der Waals surface area contributed by atoms with Gasteiger partial charge in [-0.1, -0.05) is 18.2 Å². The first kappa shape index (κ1) is 21.2. The van der Waals surface area contributed by atoms with Crippen LogP contribution in [0.15, 0.2) is 48.5 Å². The van der Waals surface area contributed by atoms with Crippen LogP contribution in [0.5, 0.6) is 0 Å². The Morgan fingerprint density at radius 1 is 1.00 bits per heavy atom. The lowest BCUT2D eigenvalue weighted by Gasteiger charge is -2.11. The summed E-state index contributed by atoms with van der Waals surface area (Å²) in [6.07, 6.45) is 1.06. The molecular formula is C19H24N4O4S. The smallest absolute Gasteiger partial charge is 0.315 e. The van der Waals surface area contributed by atoms with E-state index in [9.17, 15) is 18.0 Å². The minimum atomic E-state index is -3.39. The van der Waals surface area contributed by atoms with Gasteiger partial charge in [0.25, 0.3) is 5.91 Å². The number of nitrogens with one attached hydrogen (secondary N) is 4. The Bertz CT molecular complexity index is 941. The first-order valence-electron chi connectivity index (χ1n) is 8.65. The number of anilines is 2. The van der Waals surface area contributed by atoms with Gasteiger partial charge in [-0.15, -0.1) is 0 Å². The Kier molecular flexibility index (Phi) is 7.00. The summed E-state index contributed by atoms with van der Waals surface area (Å²) in [7, 11) is -3.39. The average molecular weight is 404 g/mol. The van der Waals surface area contributed by atoms with Gasteiger partial charge in [0.1, 0.15) is 0 Å². The summed E-state index contributed by atoms with van der Waals surface area (Å²) in [6.45, 7) is 4.10. The first-order valence-corrected chi connectivity index (χ1v) is 10.5. The molecule has 4 N–H and O–H groups in total. The summed E-state index contributed by atoms with van der Waals surface area (Å²) in [6, 6.07) is 13.1. The van der Waals surface area contributed by atoms with Gasteiger partial charge in [0.05, 0.1) is 11.9 Å². The number of carbonyl (C=O) groups is 2. The Morgan fingerprint density at radius 3 is 2.25 bits per heavy atom. The van der Waals surface area contributed by atoms with Crippen LogP contribution in [0.1, 0.15) is 29.8 Å². The molecule has 2 aromatic carbocycles. The molecule has 0 spiro atoms. The van der Waals surface area contributed by atoms with Crippen LogP contribution in [0.25, 0.3) is 0 Å². The van der Waals surface area contributed by atoms with Gasteiger partial charge in [-0.3, -0.25) is 9.52 Å². The van der Waals surface area contributed by atoms with Gasteiger partial charge >= 0.3 is 6.03 Å². The lowest BCUT2D eigenvalue weighted by Crippen LogP contribution is -2.39. The fourth-order valence-electron chi connectivity index (χ4n) is 2.35. The van der Waals surface area contributed by atoms with E-state index in [1.165, 1.54) is 6.07 Å². The van der Waals surface area contributed by atoms with Crippen molar-refractivity contribution >= 4 is 33.3 Å². The first-order chi connectivity index (χ1) is 13.1. The molecule has 150 valence electrons. The lowest BCUT2D eigenvalue weighted by atomic mass is 10.1. The van der Waals surface area contributed by atoms with Gasteiger partial charge in [0, 0.05) is 23.8 Å². The number of hydrogen-bond acceptors (Lipinski definition) is 4. The third-order valence-electron chi connectivity index (χ3n) is 3.51. The molecule has 0 saturated carbocycles. The van der Waals surface area contributed by atoms with Gasteiger partial charge < -0.3 is 16.0 Å². The van der Waals surface area contributed by atoms with E-state index in [0.717, 1.165) is 11.8 Å². The molecule has 2 aromatic rings. The zero-order valence-corrected chi connectivity index (χ0v) is 16.8. The largest absolute Gasteiger partial charge is 0.336 e. The molecule has 0 aliphatic heterocycles. The minimum Gasteiger partial charge on any atom is -0.336 e. The molecule has 0 saturated heterocycles. The molecule has 0 aromatic heterocycles. The normalized spacial score (nSPS) is 11.0. The average Bonchev–Trinajstić information content (AvgIpc) is 2.58. The van der Waals surface area contributed by atoms with Crippen molar-refractivity contribution in [1.29, 1.82) is 0 Å². The highest BCUT2D eigenvalue weighted by Crippen LogP contribution is 2.17. The van der Waals surface area contributed by atoms with Crippen molar-refractivity contribution in [3.8, 4) is 0 Å². The molecule has 9 heteroatoms. The maximum Gasteiger partial charge on any atom is 0.315 e. The van der Waals surface area contributed by atoms with Crippen molar-refractivity contribution in [2.45, 2.75) is 26.4 Å². The van der Waals surface area contributed by atoms with Gasteiger partial charge in [-0.2, -0.15) is 0 Å². The Balaban J connectivity index is 1.96. The maximum absolute atomic E-state index is 12.4. The van der Waals surface area contributed by atoms with E-state index in [2.05, 4.69) is 20.7 Å². The molecule has 0 aliphatic rings. The molecule has 0 radical (unpaired) electrons. The molecule has 0 bridgehead atoms. The number of rotatable bonds is 7. The van der Waals surface area contributed by atoms with Crippen molar-refractivity contribution in [2.24, 2.45) is 0 Å². The van der Waals surface area contributed by atoms with Crippen LogP contribution >= 0.6 is 0 Å². The van der Waals surface area contributed by atoms with Crippen LogP contribution in [-0.4, -0.2) is 32.7 Å². The molecule has 8 nitrogen and oxygen atoms in total. The standard InChI is InChI=1S/C19H24N4O4S/c1-13(2)21-19(25)20-12-14-7-9-15(10-8-14)18(24)22-16-5-4-6-17(11-16)23-28(3,26)27/h4-11,13,23H,12H2,1-3H3,(H,22,24)(H2,20,21,25). The topological polar surface area (TPSA) is 116 Å². The van der Waals surface area contributed by atoms with Crippen LogP contribution in [0.2, 0.25) is 0 Å². The molecule has 3 amide bonds. The quantitative estimate of drug-likeness (QED) is 0.567. The number of sulfonamides is 1. The molecule has 0 heterocycles. The molecule has 0 unspecified atom stereocenters. The summed E-state index contributed by atoms with van der Waals surface area (Å²) in [5.74, 6) is -0.325. The number of benzene rings is 2. The number of urea groups is 1. The monoisotopic (exact) mass is 404 g/mol. The van der Waals surface area contributed by atoms with E-state index in [0.29, 0.717) is 23.5 Å². The van der Waals surface area contributed by atoms with Crippen molar-refractivity contribution in [2.75, 3.05) is 16.3 Å². The Morgan fingerprint density at radius 2 is 1.64 bits per heavy atom. The highest BCUT2D eigenvalue weighted by Gasteiger charge is 2.08. The summed E-state index contributed by atoms with van der Waals surface area (Å²) in [5.41, 5.74) is 2.13. The molecule has 0 fully saturated rings. The highest BCUT2D eigenvalue weighted by molar-refractivity contribution is 7.92. The Labute approximate surface area is 164 Å². The zero-order valence-electron chi connectivity index (χ0n) is 15.9. The molecule has 2 rings (SSSR count). The van der Waals surface area contributed by atoms with Crippen LogP contribution in [0.4, 0.5) is 16.2 Å².